The average Bonchev–Trinajstić information content (AvgIpc) is 2.97. The maximum absolute atomic E-state index is 10.2. The van der Waals surface area contributed by atoms with Crippen LogP contribution in [0.5, 0.6) is 5.75 Å². The summed E-state index contributed by atoms with van der Waals surface area (Å²) in [5.74, 6) is 0.877. The largest absolute Gasteiger partial charge is 0.507 e. The number of aromatic nitrogens is 3. The molecular weight excluding hydrogens is 354 g/mol. The summed E-state index contributed by atoms with van der Waals surface area (Å²) in [4.78, 5) is 8.96. The Morgan fingerprint density at radius 3 is 2.43 bits per heavy atom. The molecule has 2 heterocycles. The van der Waals surface area contributed by atoms with Crippen molar-refractivity contribution in [2.75, 3.05) is 0 Å². The summed E-state index contributed by atoms with van der Waals surface area (Å²) in [6, 6.07) is 19.1. The maximum Gasteiger partial charge on any atom is 0.149 e. The first kappa shape index (κ1) is 14.0. The van der Waals surface area contributed by atoms with Gasteiger partial charge in [-0.15, -0.1) is 0 Å². The smallest absolute Gasteiger partial charge is 0.149 e. The molecule has 0 saturated heterocycles. The van der Waals surface area contributed by atoms with Gasteiger partial charge in [0, 0.05) is 11.9 Å². The number of aromatic hydroxyl groups is 1. The van der Waals surface area contributed by atoms with E-state index in [1.54, 1.807) is 18.3 Å². The molecule has 5 heteroatoms. The minimum atomic E-state index is 0.198. The molecule has 0 unspecified atom stereocenters. The van der Waals surface area contributed by atoms with Crippen LogP contribution in [0, 0.1) is 0 Å². The normalized spacial score (nSPS) is 11.0. The van der Waals surface area contributed by atoms with Crippen molar-refractivity contribution >= 4 is 27.0 Å². The summed E-state index contributed by atoms with van der Waals surface area (Å²) in [6.07, 6.45) is 1.74. The quantitative estimate of drug-likeness (QED) is 0.530. The third-order valence-corrected chi connectivity index (χ3v) is 4.27. The van der Waals surface area contributed by atoms with E-state index < -0.39 is 0 Å². The number of nitrogens with zero attached hydrogens (tertiary/aromatic N) is 3. The van der Waals surface area contributed by atoms with E-state index in [0.29, 0.717) is 16.0 Å². The molecule has 0 atom stereocenters. The Morgan fingerprint density at radius 1 is 0.913 bits per heavy atom. The number of halogens is 1. The minimum absolute atomic E-state index is 0.198. The van der Waals surface area contributed by atoms with Gasteiger partial charge in [-0.3, -0.25) is 4.57 Å². The lowest BCUT2D eigenvalue weighted by atomic mass is 10.2. The number of hydrogen-bond donors (Lipinski definition) is 1. The van der Waals surface area contributed by atoms with Crippen LogP contribution >= 0.6 is 15.9 Å². The minimum Gasteiger partial charge on any atom is -0.507 e. The van der Waals surface area contributed by atoms with Crippen LogP contribution in [0.3, 0.4) is 0 Å². The van der Waals surface area contributed by atoms with Crippen LogP contribution in [0.15, 0.2) is 71.5 Å². The fraction of sp³-hybridized carbons (Fsp3) is 0. The molecule has 0 aliphatic rings. The lowest BCUT2D eigenvalue weighted by molar-refractivity contribution is 0.477. The van der Waals surface area contributed by atoms with E-state index in [1.165, 1.54) is 0 Å². The number of fused-ring (bicyclic) bond motifs is 1. The highest BCUT2D eigenvalue weighted by molar-refractivity contribution is 9.10. The number of hydrogen-bond acceptors (Lipinski definition) is 3. The van der Waals surface area contributed by atoms with Gasteiger partial charge >= 0.3 is 0 Å². The van der Waals surface area contributed by atoms with Crippen LogP contribution in [0.25, 0.3) is 28.1 Å². The van der Waals surface area contributed by atoms with Crippen molar-refractivity contribution in [1.29, 1.82) is 0 Å². The van der Waals surface area contributed by atoms with Crippen molar-refractivity contribution in [2.45, 2.75) is 0 Å². The number of para-hydroxylation sites is 2. The van der Waals surface area contributed by atoms with Crippen LogP contribution < -0.4 is 0 Å². The van der Waals surface area contributed by atoms with Gasteiger partial charge in [-0.05, 0) is 46.3 Å². The van der Waals surface area contributed by atoms with Gasteiger partial charge in [-0.2, -0.15) is 0 Å². The zero-order chi connectivity index (χ0) is 15.8. The summed E-state index contributed by atoms with van der Waals surface area (Å²) in [5.41, 5.74) is 3.34. The molecule has 0 radical (unpaired) electrons. The predicted octanol–water partition coefficient (Wildman–Crippen LogP) is 4.56. The maximum atomic E-state index is 10.2. The van der Waals surface area contributed by atoms with E-state index in [1.807, 2.05) is 53.1 Å². The van der Waals surface area contributed by atoms with Gasteiger partial charge in [-0.1, -0.05) is 30.3 Å². The van der Waals surface area contributed by atoms with Gasteiger partial charge < -0.3 is 5.11 Å². The van der Waals surface area contributed by atoms with Crippen molar-refractivity contribution in [1.82, 2.24) is 14.5 Å². The Labute approximate surface area is 141 Å². The highest BCUT2D eigenvalue weighted by atomic mass is 79.9. The topological polar surface area (TPSA) is 50.9 Å². The van der Waals surface area contributed by atoms with E-state index >= 15 is 0 Å². The first-order chi connectivity index (χ1) is 11.3. The molecule has 2 aromatic carbocycles. The summed E-state index contributed by atoms with van der Waals surface area (Å²) >= 11 is 3.46. The van der Waals surface area contributed by atoms with Crippen molar-refractivity contribution in [2.24, 2.45) is 0 Å². The molecule has 0 aliphatic carbocycles. The highest BCUT2D eigenvalue weighted by Gasteiger charge is 2.18. The molecule has 23 heavy (non-hydrogen) atoms. The monoisotopic (exact) mass is 365 g/mol. The molecule has 0 bridgehead atoms. The van der Waals surface area contributed by atoms with Crippen molar-refractivity contribution in [3.63, 3.8) is 0 Å². The van der Waals surface area contributed by atoms with Crippen molar-refractivity contribution < 1.29 is 5.11 Å². The molecule has 112 valence electrons. The number of pyridine rings is 1. The molecule has 0 spiro atoms. The Balaban J connectivity index is 2.12. The van der Waals surface area contributed by atoms with E-state index in [2.05, 4.69) is 20.9 Å². The van der Waals surface area contributed by atoms with Gasteiger partial charge in [0.2, 0.25) is 0 Å². The van der Waals surface area contributed by atoms with E-state index in [4.69, 9.17) is 4.98 Å². The summed E-state index contributed by atoms with van der Waals surface area (Å²) < 4.78 is 2.71. The van der Waals surface area contributed by atoms with Crippen molar-refractivity contribution in [3.05, 3.63) is 71.5 Å². The third-order valence-electron chi connectivity index (χ3n) is 3.69. The summed E-state index contributed by atoms with van der Waals surface area (Å²) in [5, 5.41) is 10.2. The lowest BCUT2D eigenvalue weighted by Crippen LogP contribution is -1.97. The molecular formula is C18H12BrN3O. The molecule has 0 amide bonds. The van der Waals surface area contributed by atoms with Crippen LogP contribution in [0.4, 0.5) is 0 Å². The molecule has 0 fully saturated rings. The summed E-state index contributed by atoms with van der Waals surface area (Å²) in [7, 11) is 0. The fourth-order valence-electron chi connectivity index (χ4n) is 2.65. The summed E-state index contributed by atoms with van der Waals surface area (Å²) in [6.45, 7) is 0. The zero-order valence-corrected chi connectivity index (χ0v) is 13.6. The van der Waals surface area contributed by atoms with Gasteiger partial charge in [0.15, 0.2) is 0 Å². The Kier molecular flexibility index (Phi) is 3.35. The number of rotatable bonds is 2. The molecule has 2 aromatic heterocycles. The van der Waals surface area contributed by atoms with Crippen LogP contribution in [0.2, 0.25) is 0 Å². The van der Waals surface area contributed by atoms with E-state index in [0.717, 1.165) is 16.7 Å². The lowest BCUT2D eigenvalue weighted by Gasteiger charge is -2.10. The second kappa shape index (κ2) is 5.52. The average molecular weight is 366 g/mol. The second-order valence-electron chi connectivity index (χ2n) is 5.09. The SMILES string of the molecule is Oc1ccccc1-c1nc2c(Br)nccc2n1-c1ccccc1. The fourth-order valence-corrected chi connectivity index (χ4v) is 3.06. The third kappa shape index (κ3) is 2.29. The van der Waals surface area contributed by atoms with Gasteiger partial charge in [0.05, 0.1) is 11.1 Å². The molecule has 4 nitrogen and oxygen atoms in total. The molecule has 0 saturated carbocycles. The van der Waals surface area contributed by atoms with Crippen LogP contribution in [-0.4, -0.2) is 19.6 Å². The molecule has 4 aromatic rings. The standard InChI is InChI=1S/C18H12BrN3O/c19-17-16-14(10-11-20-17)22(12-6-2-1-3-7-12)18(21-16)13-8-4-5-9-15(13)23/h1-11,23H. The Morgan fingerprint density at radius 2 is 1.65 bits per heavy atom. The van der Waals surface area contributed by atoms with Crippen LogP contribution in [-0.2, 0) is 0 Å². The van der Waals surface area contributed by atoms with E-state index in [-0.39, 0.29) is 5.75 Å². The number of phenolic OH excluding ortho intramolecular Hbond substituents is 1. The Bertz CT molecular complexity index is 996. The highest BCUT2D eigenvalue weighted by Crippen LogP contribution is 2.34. The molecule has 0 aliphatic heterocycles. The Hall–Kier alpha value is -2.66. The first-order valence-electron chi connectivity index (χ1n) is 7.12. The van der Waals surface area contributed by atoms with E-state index in [9.17, 15) is 5.11 Å². The second-order valence-corrected chi connectivity index (χ2v) is 5.84. The number of benzene rings is 2. The van der Waals surface area contributed by atoms with Crippen LogP contribution in [0.1, 0.15) is 0 Å². The molecule has 1 N–H and O–H groups in total. The molecule has 4 rings (SSSR count). The zero-order valence-electron chi connectivity index (χ0n) is 12.0. The van der Waals surface area contributed by atoms with Crippen molar-refractivity contribution in [3.8, 4) is 22.8 Å². The van der Waals surface area contributed by atoms with Gasteiger partial charge in [-0.25, -0.2) is 9.97 Å². The number of imidazole rings is 1. The van der Waals surface area contributed by atoms with Gasteiger partial charge in [0.25, 0.3) is 0 Å². The van der Waals surface area contributed by atoms with Gasteiger partial charge in [0.1, 0.15) is 21.7 Å². The first-order valence-corrected chi connectivity index (χ1v) is 7.92. The number of phenols is 1. The predicted molar refractivity (Wildman–Crippen MR) is 93.7 cm³/mol.